The van der Waals surface area contributed by atoms with Gasteiger partial charge in [-0.1, -0.05) is 0 Å². The second-order valence-corrected chi connectivity index (χ2v) is 6.25. The van der Waals surface area contributed by atoms with E-state index in [0.717, 1.165) is 33.1 Å². The van der Waals surface area contributed by atoms with Gasteiger partial charge in [-0.2, -0.15) is 10.2 Å². The summed E-state index contributed by atoms with van der Waals surface area (Å²) in [7, 11) is 1.92. The van der Waals surface area contributed by atoms with Gasteiger partial charge in [0.2, 0.25) is 0 Å². The normalized spacial score (nSPS) is 11.0. The highest BCUT2D eigenvalue weighted by Gasteiger charge is 2.09. The summed E-state index contributed by atoms with van der Waals surface area (Å²) in [6, 6.07) is 0. The number of rotatable bonds is 5. The number of aromatic nitrogens is 5. The van der Waals surface area contributed by atoms with Crippen LogP contribution >= 0.6 is 27.3 Å². The lowest BCUT2D eigenvalue weighted by Crippen LogP contribution is -2.05. The van der Waals surface area contributed by atoms with E-state index >= 15 is 0 Å². The fraction of sp³-hybridized carbons (Fsp3) is 0.308. The molecular weight excluding hydrogens is 352 g/mol. The Kier molecular flexibility index (Phi) is 4.07. The van der Waals surface area contributed by atoms with Crippen molar-refractivity contribution in [2.45, 2.75) is 20.0 Å². The number of anilines is 1. The molecule has 3 rings (SSSR count). The Morgan fingerprint density at radius 3 is 2.86 bits per heavy atom. The van der Waals surface area contributed by atoms with Gasteiger partial charge in [0.05, 0.1) is 34.8 Å². The lowest BCUT2D eigenvalue weighted by Gasteiger charge is -2.03. The molecule has 0 aliphatic heterocycles. The van der Waals surface area contributed by atoms with E-state index in [9.17, 15) is 0 Å². The number of aryl methyl sites for hydroxylation is 2. The van der Waals surface area contributed by atoms with Crippen molar-refractivity contribution in [1.29, 1.82) is 0 Å². The van der Waals surface area contributed by atoms with Gasteiger partial charge in [-0.15, -0.1) is 11.3 Å². The first-order valence-corrected chi connectivity index (χ1v) is 8.23. The molecule has 3 heterocycles. The Bertz CT molecular complexity index is 724. The lowest BCUT2D eigenvalue weighted by molar-refractivity contribution is 0.660. The predicted octanol–water partition coefficient (Wildman–Crippen LogP) is 3.13. The van der Waals surface area contributed by atoms with Crippen molar-refractivity contribution in [3.63, 3.8) is 0 Å². The highest BCUT2D eigenvalue weighted by Crippen LogP contribution is 2.25. The molecule has 21 heavy (non-hydrogen) atoms. The molecule has 0 bridgehead atoms. The van der Waals surface area contributed by atoms with Crippen LogP contribution in [0, 0.1) is 0 Å². The molecule has 0 aliphatic carbocycles. The van der Waals surface area contributed by atoms with E-state index in [2.05, 4.69) is 43.4 Å². The number of nitrogens with one attached hydrogen (secondary N) is 1. The van der Waals surface area contributed by atoms with Crippen LogP contribution in [0.1, 0.15) is 12.6 Å². The summed E-state index contributed by atoms with van der Waals surface area (Å²) >= 11 is 5.08. The molecule has 0 spiro atoms. The Labute approximate surface area is 134 Å². The minimum atomic E-state index is 0.679. The maximum absolute atomic E-state index is 4.60. The van der Waals surface area contributed by atoms with Gasteiger partial charge in [0.25, 0.3) is 0 Å². The van der Waals surface area contributed by atoms with Crippen LogP contribution in [0.15, 0.2) is 28.4 Å². The van der Waals surface area contributed by atoms with Crippen LogP contribution in [0.2, 0.25) is 0 Å². The predicted molar refractivity (Wildman–Crippen MR) is 87.2 cm³/mol. The van der Waals surface area contributed by atoms with Crippen LogP contribution < -0.4 is 5.32 Å². The molecule has 0 aliphatic rings. The molecule has 0 saturated carbocycles. The summed E-state index contributed by atoms with van der Waals surface area (Å²) < 4.78 is 4.74. The Hall–Kier alpha value is -1.67. The van der Waals surface area contributed by atoms with Crippen LogP contribution in [0.25, 0.3) is 11.3 Å². The van der Waals surface area contributed by atoms with Gasteiger partial charge in [-0.3, -0.25) is 9.36 Å². The Morgan fingerprint density at radius 1 is 1.33 bits per heavy atom. The zero-order valence-corrected chi connectivity index (χ0v) is 14.1. The molecule has 0 amide bonds. The fourth-order valence-electron chi connectivity index (χ4n) is 1.95. The highest BCUT2D eigenvalue weighted by molar-refractivity contribution is 9.10. The molecule has 3 aromatic rings. The summed E-state index contributed by atoms with van der Waals surface area (Å²) in [5, 5.41) is 14.7. The molecule has 8 heteroatoms. The monoisotopic (exact) mass is 366 g/mol. The molecule has 0 fully saturated rings. The van der Waals surface area contributed by atoms with Crippen LogP contribution in [0.5, 0.6) is 0 Å². The molecule has 0 atom stereocenters. The van der Waals surface area contributed by atoms with Gasteiger partial charge in [-0.05, 0) is 22.9 Å². The fourth-order valence-corrected chi connectivity index (χ4v) is 3.16. The third-order valence-electron chi connectivity index (χ3n) is 3.17. The average molecular weight is 367 g/mol. The standard InChI is InChI=1S/C13H15BrN6S/c1-3-20-7-9(4-17-20)11-8-21-13(18-11)15-6-12-10(14)5-16-19(12)2/h4-5,7-8H,3,6H2,1-2H3,(H,15,18). The van der Waals surface area contributed by atoms with Gasteiger partial charge < -0.3 is 5.32 Å². The molecule has 0 aromatic carbocycles. The number of nitrogens with zero attached hydrogens (tertiary/aromatic N) is 5. The number of hydrogen-bond donors (Lipinski definition) is 1. The van der Waals surface area contributed by atoms with E-state index in [1.807, 2.05) is 34.2 Å². The smallest absolute Gasteiger partial charge is 0.183 e. The zero-order valence-electron chi connectivity index (χ0n) is 11.7. The van der Waals surface area contributed by atoms with E-state index in [1.54, 1.807) is 17.5 Å². The minimum absolute atomic E-state index is 0.679. The van der Waals surface area contributed by atoms with Crippen molar-refractivity contribution in [1.82, 2.24) is 24.5 Å². The number of halogens is 1. The Morgan fingerprint density at radius 2 is 2.19 bits per heavy atom. The number of hydrogen-bond acceptors (Lipinski definition) is 5. The lowest BCUT2D eigenvalue weighted by atomic mass is 10.3. The number of thiazole rings is 1. The second-order valence-electron chi connectivity index (χ2n) is 4.54. The van der Waals surface area contributed by atoms with Gasteiger partial charge in [0.15, 0.2) is 5.13 Å². The second kappa shape index (κ2) is 5.98. The van der Waals surface area contributed by atoms with Crippen molar-refractivity contribution >= 4 is 32.4 Å². The summed E-state index contributed by atoms with van der Waals surface area (Å²) in [6.45, 7) is 3.61. The first-order valence-electron chi connectivity index (χ1n) is 6.56. The summed E-state index contributed by atoms with van der Waals surface area (Å²) in [5.74, 6) is 0. The van der Waals surface area contributed by atoms with Crippen LogP contribution in [0.4, 0.5) is 5.13 Å². The molecule has 6 nitrogen and oxygen atoms in total. The van der Waals surface area contributed by atoms with E-state index in [4.69, 9.17) is 0 Å². The SMILES string of the molecule is CCn1cc(-c2csc(NCc3c(Br)cnn3C)n2)cn1. The summed E-state index contributed by atoms with van der Waals surface area (Å²) in [5.41, 5.74) is 3.08. The van der Waals surface area contributed by atoms with Crippen molar-refractivity contribution in [2.75, 3.05) is 5.32 Å². The van der Waals surface area contributed by atoms with Crippen molar-refractivity contribution in [3.05, 3.63) is 34.1 Å². The third-order valence-corrected chi connectivity index (χ3v) is 4.64. The van der Waals surface area contributed by atoms with Crippen molar-refractivity contribution in [2.24, 2.45) is 7.05 Å². The topological polar surface area (TPSA) is 60.6 Å². The highest BCUT2D eigenvalue weighted by atomic mass is 79.9. The van der Waals surface area contributed by atoms with Gasteiger partial charge >= 0.3 is 0 Å². The van der Waals surface area contributed by atoms with Gasteiger partial charge in [0, 0.05) is 30.7 Å². The van der Waals surface area contributed by atoms with Crippen LogP contribution in [0.3, 0.4) is 0 Å². The summed E-state index contributed by atoms with van der Waals surface area (Å²) in [4.78, 5) is 4.60. The van der Waals surface area contributed by atoms with Crippen molar-refractivity contribution < 1.29 is 0 Å². The average Bonchev–Trinajstić information content (AvgIpc) is 3.18. The maximum atomic E-state index is 4.60. The van der Waals surface area contributed by atoms with E-state index in [0.29, 0.717) is 6.54 Å². The van der Waals surface area contributed by atoms with E-state index in [1.165, 1.54) is 0 Å². The van der Waals surface area contributed by atoms with Crippen LogP contribution in [-0.4, -0.2) is 24.5 Å². The molecule has 3 aromatic heterocycles. The molecule has 0 unspecified atom stereocenters. The first-order chi connectivity index (χ1) is 10.2. The van der Waals surface area contributed by atoms with E-state index < -0.39 is 0 Å². The quantitative estimate of drug-likeness (QED) is 0.753. The zero-order chi connectivity index (χ0) is 14.8. The molecule has 1 N–H and O–H groups in total. The third kappa shape index (κ3) is 3.01. The first kappa shape index (κ1) is 14.3. The Balaban J connectivity index is 1.70. The van der Waals surface area contributed by atoms with Crippen molar-refractivity contribution in [3.8, 4) is 11.3 Å². The molecule has 0 radical (unpaired) electrons. The molecule has 0 saturated heterocycles. The van der Waals surface area contributed by atoms with E-state index in [-0.39, 0.29) is 0 Å². The summed E-state index contributed by atoms with van der Waals surface area (Å²) in [6.07, 6.45) is 5.65. The minimum Gasteiger partial charge on any atom is -0.356 e. The van der Waals surface area contributed by atoms with Crippen LogP contribution in [-0.2, 0) is 20.1 Å². The largest absolute Gasteiger partial charge is 0.356 e. The van der Waals surface area contributed by atoms with Gasteiger partial charge in [0.1, 0.15) is 0 Å². The molecular formula is C13H15BrN6S. The maximum Gasteiger partial charge on any atom is 0.183 e. The molecule has 110 valence electrons. The van der Waals surface area contributed by atoms with Gasteiger partial charge in [-0.25, -0.2) is 4.98 Å².